The monoisotopic (exact) mass is 213 g/mol. The standard InChI is InChI=1S/C13H15N3/c14-13(7-3-4-8-13)12-9-15-10-5-1-2-6-11(10)16-12/h1-2,5-6,9H,3-4,7-8,14H2. The maximum Gasteiger partial charge on any atom is 0.0890 e. The summed E-state index contributed by atoms with van der Waals surface area (Å²) < 4.78 is 0. The summed E-state index contributed by atoms with van der Waals surface area (Å²) in [5, 5.41) is 0. The summed E-state index contributed by atoms with van der Waals surface area (Å²) in [6.07, 6.45) is 6.30. The van der Waals surface area contributed by atoms with Gasteiger partial charge in [-0.1, -0.05) is 25.0 Å². The molecule has 1 aliphatic carbocycles. The van der Waals surface area contributed by atoms with E-state index >= 15 is 0 Å². The summed E-state index contributed by atoms with van der Waals surface area (Å²) >= 11 is 0. The Morgan fingerprint density at radius 3 is 2.50 bits per heavy atom. The van der Waals surface area contributed by atoms with E-state index in [0.29, 0.717) is 0 Å². The van der Waals surface area contributed by atoms with E-state index < -0.39 is 0 Å². The molecule has 2 N–H and O–H groups in total. The number of hydrogen-bond acceptors (Lipinski definition) is 3. The largest absolute Gasteiger partial charge is 0.320 e. The number of para-hydroxylation sites is 2. The molecule has 3 rings (SSSR count). The predicted octanol–water partition coefficient (Wildman–Crippen LogP) is 2.36. The van der Waals surface area contributed by atoms with Crippen LogP contribution in [0.4, 0.5) is 0 Å². The molecule has 2 aromatic rings. The van der Waals surface area contributed by atoms with Crippen LogP contribution in [0.1, 0.15) is 31.4 Å². The molecule has 82 valence electrons. The number of benzene rings is 1. The molecule has 0 unspecified atom stereocenters. The Labute approximate surface area is 94.7 Å². The quantitative estimate of drug-likeness (QED) is 0.791. The van der Waals surface area contributed by atoms with E-state index in [1.807, 2.05) is 30.5 Å². The van der Waals surface area contributed by atoms with Gasteiger partial charge in [-0.05, 0) is 25.0 Å². The number of rotatable bonds is 1. The van der Waals surface area contributed by atoms with E-state index in [2.05, 4.69) is 9.97 Å². The van der Waals surface area contributed by atoms with E-state index in [1.165, 1.54) is 12.8 Å². The van der Waals surface area contributed by atoms with Gasteiger partial charge in [0, 0.05) is 0 Å². The molecule has 0 atom stereocenters. The van der Waals surface area contributed by atoms with Gasteiger partial charge < -0.3 is 5.73 Å². The fraction of sp³-hybridized carbons (Fsp3) is 0.385. The first-order valence-corrected chi connectivity index (χ1v) is 5.79. The van der Waals surface area contributed by atoms with Crippen molar-refractivity contribution in [2.75, 3.05) is 0 Å². The van der Waals surface area contributed by atoms with Gasteiger partial charge in [-0.15, -0.1) is 0 Å². The Kier molecular flexibility index (Phi) is 2.14. The van der Waals surface area contributed by atoms with Crippen molar-refractivity contribution in [1.82, 2.24) is 9.97 Å². The highest BCUT2D eigenvalue weighted by molar-refractivity contribution is 5.73. The van der Waals surface area contributed by atoms with Crippen LogP contribution < -0.4 is 5.73 Å². The normalized spacial score (nSPS) is 19.1. The van der Waals surface area contributed by atoms with E-state index in [1.54, 1.807) is 0 Å². The fourth-order valence-electron chi connectivity index (χ4n) is 2.46. The van der Waals surface area contributed by atoms with Crippen LogP contribution in [0.2, 0.25) is 0 Å². The number of nitrogens with zero attached hydrogens (tertiary/aromatic N) is 2. The van der Waals surface area contributed by atoms with Crippen molar-refractivity contribution in [2.24, 2.45) is 5.73 Å². The van der Waals surface area contributed by atoms with Crippen molar-refractivity contribution in [3.8, 4) is 0 Å². The molecule has 0 aliphatic heterocycles. The van der Waals surface area contributed by atoms with E-state index in [4.69, 9.17) is 5.73 Å². The van der Waals surface area contributed by atoms with Gasteiger partial charge in [0.25, 0.3) is 0 Å². The van der Waals surface area contributed by atoms with Crippen LogP contribution in [0.25, 0.3) is 11.0 Å². The smallest absolute Gasteiger partial charge is 0.0890 e. The Morgan fingerprint density at radius 2 is 1.75 bits per heavy atom. The van der Waals surface area contributed by atoms with Crippen molar-refractivity contribution >= 4 is 11.0 Å². The molecule has 1 aromatic heterocycles. The van der Waals surface area contributed by atoms with Crippen LogP contribution in [0, 0.1) is 0 Å². The number of aromatic nitrogens is 2. The predicted molar refractivity (Wildman–Crippen MR) is 63.9 cm³/mol. The molecule has 1 aliphatic rings. The first-order chi connectivity index (χ1) is 7.78. The molecular weight excluding hydrogens is 198 g/mol. The molecule has 16 heavy (non-hydrogen) atoms. The fourth-order valence-corrected chi connectivity index (χ4v) is 2.46. The first-order valence-electron chi connectivity index (χ1n) is 5.79. The zero-order chi connectivity index (χ0) is 11.0. The van der Waals surface area contributed by atoms with E-state index in [-0.39, 0.29) is 5.54 Å². The van der Waals surface area contributed by atoms with Gasteiger partial charge >= 0.3 is 0 Å². The second-order valence-electron chi connectivity index (χ2n) is 4.61. The van der Waals surface area contributed by atoms with Crippen molar-refractivity contribution in [2.45, 2.75) is 31.2 Å². The van der Waals surface area contributed by atoms with Crippen LogP contribution in [0.3, 0.4) is 0 Å². The average molecular weight is 213 g/mol. The molecule has 1 aromatic carbocycles. The van der Waals surface area contributed by atoms with Crippen molar-refractivity contribution in [1.29, 1.82) is 0 Å². The lowest BCUT2D eigenvalue weighted by molar-refractivity contribution is 0.447. The van der Waals surface area contributed by atoms with Crippen LogP contribution in [-0.2, 0) is 5.54 Å². The third-order valence-electron chi connectivity index (χ3n) is 3.45. The third kappa shape index (κ3) is 1.48. The van der Waals surface area contributed by atoms with E-state index in [9.17, 15) is 0 Å². The van der Waals surface area contributed by atoms with Crippen LogP contribution in [0.15, 0.2) is 30.5 Å². The summed E-state index contributed by atoms with van der Waals surface area (Å²) in [6.45, 7) is 0. The van der Waals surface area contributed by atoms with Gasteiger partial charge in [-0.25, -0.2) is 4.98 Å². The van der Waals surface area contributed by atoms with Crippen LogP contribution >= 0.6 is 0 Å². The minimum Gasteiger partial charge on any atom is -0.320 e. The average Bonchev–Trinajstić information content (AvgIpc) is 2.77. The number of fused-ring (bicyclic) bond motifs is 1. The van der Waals surface area contributed by atoms with Gasteiger partial charge in [0.2, 0.25) is 0 Å². The molecule has 0 amide bonds. The third-order valence-corrected chi connectivity index (χ3v) is 3.45. The Balaban J connectivity index is 2.11. The minimum atomic E-state index is -0.239. The Morgan fingerprint density at radius 1 is 1.06 bits per heavy atom. The summed E-state index contributed by atoms with van der Waals surface area (Å²) in [6, 6.07) is 7.93. The van der Waals surface area contributed by atoms with Crippen molar-refractivity contribution < 1.29 is 0 Å². The first kappa shape index (κ1) is 9.73. The van der Waals surface area contributed by atoms with Gasteiger partial charge in [-0.2, -0.15) is 0 Å². The lowest BCUT2D eigenvalue weighted by Crippen LogP contribution is -2.34. The molecule has 0 spiro atoms. The summed E-state index contributed by atoms with van der Waals surface area (Å²) in [7, 11) is 0. The number of hydrogen-bond donors (Lipinski definition) is 1. The topological polar surface area (TPSA) is 51.8 Å². The Hall–Kier alpha value is -1.48. The lowest BCUT2D eigenvalue weighted by atomic mass is 9.95. The van der Waals surface area contributed by atoms with Crippen molar-refractivity contribution in [3.63, 3.8) is 0 Å². The molecule has 1 fully saturated rings. The maximum absolute atomic E-state index is 6.37. The molecule has 0 radical (unpaired) electrons. The summed E-state index contributed by atoms with van der Waals surface area (Å²) in [5.74, 6) is 0. The summed E-state index contributed by atoms with van der Waals surface area (Å²) in [4.78, 5) is 9.07. The summed E-state index contributed by atoms with van der Waals surface area (Å²) in [5.41, 5.74) is 8.96. The zero-order valence-corrected chi connectivity index (χ0v) is 9.19. The molecule has 0 bridgehead atoms. The van der Waals surface area contributed by atoms with Crippen molar-refractivity contribution in [3.05, 3.63) is 36.2 Å². The van der Waals surface area contributed by atoms with Crippen LogP contribution in [0.5, 0.6) is 0 Å². The molecule has 0 saturated heterocycles. The van der Waals surface area contributed by atoms with Gasteiger partial charge in [-0.3, -0.25) is 4.98 Å². The second-order valence-corrected chi connectivity index (χ2v) is 4.61. The molecule has 3 heteroatoms. The lowest BCUT2D eigenvalue weighted by Gasteiger charge is -2.22. The van der Waals surface area contributed by atoms with Gasteiger partial charge in [0.15, 0.2) is 0 Å². The minimum absolute atomic E-state index is 0.239. The number of nitrogens with two attached hydrogens (primary N) is 1. The SMILES string of the molecule is NC1(c2cnc3ccccc3n2)CCCC1. The molecular formula is C13H15N3. The molecule has 3 nitrogen and oxygen atoms in total. The van der Waals surface area contributed by atoms with Gasteiger partial charge in [0.05, 0.1) is 28.5 Å². The molecule has 1 heterocycles. The maximum atomic E-state index is 6.37. The zero-order valence-electron chi connectivity index (χ0n) is 9.19. The second kappa shape index (κ2) is 3.52. The molecule has 1 saturated carbocycles. The van der Waals surface area contributed by atoms with Crippen LogP contribution in [-0.4, -0.2) is 9.97 Å². The highest BCUT2D eigenvalue weighted by Crippen LogP contribution is 2.35. The highest BCUT2D eigenvalue weighted by Gasteiger charge is 2.32. The van der Waals surface area contributed by atoms with Gasteiger partial charge in [0.1, 0.15) is 0 Å². The van der Waals surface area contributed by atoms with E-state index in [0.717, 1.165) is 29.6 Å². The highest BCUT2D eigenvalue weighted by atomic mass is 14.9. The Bertz CT molecular complexity index is 515.